The number of ether oxygens (including phenoxy) is 2. The molecule has 0 spiro atoms. The van der Waals surface area contributed by atoms with Gasteiger partial charge in [0.05, 0.1) is 31.0 Å². The number of nitrogens with one attached hydrogen (secondary N) is 1. The van der Waals surface area contributed by atoms with Crippen LogP contribution in [0.1, 0.15) is 62.7 Å². The number of hydrogen-bond acceptors (Lipinski definition) is 4. The molecule has 1 heterocycles. The van der Waals surface area contributed by atoms with E-state index in [1.807, 2.05) is 24.3 Å². The smallest absolute Gasteiger partial charge is 0.253 e. The molecule has 1 saturated heterocycles. The Morgan fingerprint density at radius 1 is 1.10 bits per heavy atom. The molecule has 1 aromatic rings. The number of carbonyl (C=O) groups is 1. The van der Waals surface area contributed by atoms with E-state index in [0.717, 1.165) is 30.3 Å². The predicted octanol–water partition coefficient (Wildman–Crippen LogP) is 4.02. The minimum Gasteiger partial charge on any atom is -0.378 e. The maximum atomic E-state index is 12.9. The SMILES string of the molecule is CC12CC3CC(C)(C1)CC(OCCNC(=O)c1ccccc1N1CCOCC1)(C3)C2. The summed E-state index contributed by atoms with van der Waals surface area (Å²) in [4.78, 5) is 15.2. The first-order valence-electron chi connectivity index (χ1n) is 11.7. The fourth-order valence-corrected chi connectivity index (χ4v) is 7.78. The maximum Gasteiger partial charge on any atom is 0.253 e. The van der Waals surface area contributed by atoms with Gasteiger partial charge in [-0.25, -0.2) is 0 Å². The zero-order valence-corrected chi connectivity index (χ0v) is 18.5. The molecule has 4 aliphatic carbocycles. The Hall–Kier alpha value is -1.59. The lowest BCUT2D eigenvalue weighted by molar-refractivity contribution is -0.213. The molecule has 2 unspecified atom stereocenters. The Balaban J connectivity index is 1.18. The summed E-state index contributed by atoms with van der Waals surface area (Å²) in [6, 6.07) is 7.89. The Labute approximate surface area is 180 Å². The van der Waals surface area contributed by atoms with Gasteiger partial charge in [-0.2, -0.15) is 0 Å². The fourth-order valence-electron chi connectivity index (χ4n) is 7.78. The molecule has 5 fully saturated rings. The molecule has 5 heteroatoms. The van der Waals surface area contributed by atoms with Crippen molar-refractivity contribution in [3.8, 4) is 0 Å². The highest BCUT2D eigenvalue weighted by molar-refractivity contribution is 5.99. The molecule has 5 aliphatic rings. The summed E-state index contributed by atoms with van der Waals surface area (Å²) >= 11 is 0. The first-order chi connectivity index (χ1) is 14.4. The molecule has 0 radical (unpaired) electrons. The van der Waals surface area contributed by atoms with E-state index in [-0.39, 0.29) is 11.5 Å². The van der Waals surface area contributed by atoms with Gasteiger partial charge in [0.15, 0.2) is 0 Å². The predicted molar refractivity (Wildman–Crippen MR) is 118 cm³/mol. The summed E-state index contributed by atoms with van der Waals surface area (Å²) in [5, 5.41) is 3.11. The summed E-state index contributed by atoms with van der Waals surface area (Å²) in [7, 11) is 0. The van der Waals surface area contributed by atoms with Gasteiger partial charge in [-0.1, -0.05) is 26.0 Å². The molecule has 2 atom stereocenters. The van der Waals surface area contributed by atoms with Gasteiger partial charge in [0.2, 0.25) is 0 Å². The van der Waals surface area contributed by atoms with Gasteiger partial charge in [-0.05, 0) is 67.4 Å². The highest BCUT2D eigenvalue weighted by Gasteiger charge is 2.60. The van der Waals surface area contributed by atoms with Crippen LogP contribution < -0.4 is 10.2 Å². The van der Waals surface area contributed by atoms with Crippen molar-refractivity contribution >= 4 is 11.6 Å². The van der Waals surface area contributed by atoms with Gasteiger partial charge < -0.3 is 19.7 Å². The molecule has 1 aromatic carbocycles. The lowest BCUT2D eigenvalue weighted by Crippen LogP contribution is -2.59. The maximum absolute atomic E-state index is 12.9. The Morgan fingerprint density at radius 2 is 1.80 bits per heavy atom. The van der Waals surface area contributed by atoms with Gasteiger partial charge in [-0.15, -0.1) is 0 Å². The van der Waals surface area contributed by atoms with Gasteiger partial charge in [-0.3, -0.25) is 4.79 Å². The Kier molecular flexibility index (Phi) is 5.10. The van der Waals surface area contributed by atoms with Crippen molar-refractivity contribution in [2.24, 2.45) is 16.7 Å². The average molecular weight is 413 g/mol. The van der Waals surface area contributed by atoms with Gasteiger partial charge >= 0.3 is 0 Å². The topological polar surface area (TPSA) is 50.8 Å². The molecule has 4 saturated carbocycles. The van der Waals surface area contributed by atoms with E-state index < -0.39 is 0 Å². The van der Waals surface area contributed by atoms with E-state index in [2.05, 4.69) is 24.1 Å². The zero-order chi connectivity index (χ0) is 20.8. The van der Waals surface area contributed by atoms with E-state index in [1.165, 1.54) is 38.5 Å². The number of amides is 1. The quantitative estimate of drug-likeness (QED) is 0.717. The Bertz CT molecular complexity index is 785. The van der Waals surface area contributed by atoms with Crippen LogP contribution >= 0.6 is 0 Å². The second-order valence-electron chi connectivity index (χ2n) is 11.0. The van der Waals surface area contributed by atoms with Crippen LogP contribution in [0.25, 0.3) is 0 Å². The highest BCUT2D eigenvalue weighted by atomic mass is 16.5. The van der Waals surface area contributed by atoms with Crippen molar-refractivity contribution in [2.75, 3.05) is 44.4 Å². The molecule has 1 aliphatic heterocycles. The van der Waals surface area contributed by atoms with Crippen molar-refractivity contribution in [2.45, 2.75) is 58.0 Å². The van der Waals surface area contributed by atoms with Crippen molar-refractivity contribution in [3.05, 3.63) is 29.8 Å². The van der Waals surface area contributed by atoms with E-state index in [0.29, 0.717) is 37.2 Å². The normalized spacial score (nSPS) is 37.4. The fraction of sp³-hybridized carbons (Fsp3) is 0.720. The summed E-state index contributed by atoms with van der Waals surface area (Å²) in [5.74, 6) is 0.816. The Morgan fingerprint density at radius 3 is 2.50 bits per heavy atom. The van der Waals surface area contributed by atoms with E-state index in [4.69, 9.17) is 9.47 Å². The standard InChI is InChI=1S/C25H36N2O3/c1-23-13-19-14-24(2,16-23)18-25(15-19,17-23)30-10-7-26-22(28)20-5-3-4-6-21(20)27-8-11-29-12-9-27/h3-6,19H,7-18H2,1-2H3,(H,26,28). The highest BCUT2D eigenvalue weighted by Crippen LogP contribution is 2.67. The number of hydrogen-bond donors (Lipinski definition) is 1. The lowest BCUT2D eigenvalue weighted by atomic mass is 9.43. The van der Waals surface area contributed by atoms with Crippen LogP contribution in [0, 0.1) is 16.7 Å². The molecule has 6 rings (SSSR count). The van der Waals surface area contributed by atoms with Crippen molar-refractivity contribution < 1.29 is 14.3 Å². The summed E-state index contributed by atoms with van der Waals surface area (Å²) in [5.41, 5.74) is 2.69. The number of morpholine rings is 1. The van der Waals surface area contributed by atoms with Gasteiger partial charge in [0.1, 0.15) is 0 Å². The van der Waals surface area contributed by atoms with Gasteiger partial charge in [0.25, 0.3) is 5.91 Å². The van der Waals surface area contributed by atoms with Crippen molar-refractivity contribution in [3.63, 3.8) is 0 Å². The zero-order valence-electron chi connectivity index (χ0n) is 18.5. The van der Waals surface area contributed by atoms with Crippen LogP contribution in [-0.4, -0.2) is 51.0 Å². The van der Waals surface area contributed by atoms with Crippen LogP contribution in [0.5, 0.6) is 0 Å². The molecule has 30 heavy (non-hydrogen) atoms. The summed E-state index contributed by atoms with van der Waals surface area (Å²) < 4.78 is 12.0. The molecule has 1 N–H and O–H groups in total. The first-order valence-corrected chi connectivity index (χ1v) is 11.7. The van der Waals surface area contributed by atoms with E-state index in [9.17, 15) is 4.79 Å². The van der Waals surface area contributed by atoms with Crippen molar-refractivity contribution in [1.29, 1.82) is 0 Å². The summed E-state index contributed by atoms with van der Waals surface area (Å²) in [6.07, 6.45) is 7.72. The minimum atomic E-state index is -0.00914. The van der Waals surface area contributed by atoms with Crippen LogP contribution in [0.4, 0.5) is 5.69 Å². The number of benzene rings is 1. The largest absolute Gasteiger partial charge is 0.378 e. The van der Waals surface area contributed by atoms with Gasteiger partial charge in [0, 0.05) is 25.3 Å². The number of nitrogens with zero attached hydrogens (tertiary/aromatic N) is 1. The molecule has 5 nitrogen and oxygen atoms in total. The minimum absolute atomic E-state index is 0.00914. The third-order valence-corrected chi connectivity index (χ3v) is 7.87. The third-order valence-electron chi connectivity index (χ3n) is 7.87. The number of rotatable bonds is 6. The molecule has 164 valence electrons. The second-order valence-corrected chi connectivity index (χ2v) is 11.0. The molecular weight excluding hydrogens is 376 g/mol. The summed E-state index contributed by atoms with van der Waals surface area (Å²) in [6.45, 7) is 9.19. The second kappa shape index (κ2) is 7.52. The number of carbonyl (C=O) groups excluding carboxylic acids is 1. The third kappa shape index (κ3) is 3.87. The van der Waals surface area contributed by atoms with E-state index in [1.54, 1.807) is 0 Å². The van der Waals surface area contributed by atoms with Crippen molar-refractivity contribution in [1.82, 2.24) is 5.32 Å². The molecule has 1 amide bonds. The number of para-hydroxylation sites is 1. The molecule has 4 bridgehead atoms. The molecular formula is C25H36N2O3. The lowest BCUT2D eigenvalue weighted by Gasteiger charge is -2.65. The number of anilines is 1. The van der Waals surface area contributed by atoms with Crippen LogP contribution in [0.3, 0.4) is 0 Å². The van der Waals surface area contributed by atoms with Crippen LogP contribution in [-0.2, 0) is 9.47 Å². The first kappa shape index (κ1) is 20.3. The van der Waals surface area contributed by atoms with Crippen LogP contribution in [0.2, 0.25) is 0 Å². The van der Waals surface area contributed by atoms with Crippen LogP contribution in [0.15, 0.2) is 24.3 Å². The molecule has 0 aromatic heterocycles. The monoisotopic (exact) mass is 412 g/mol. The van der Waals surface area contributed by atoms with E-state index >= 15 is 0 Å². The average Bonchev–Trinajstić information content (AvgIpc) is 2.69.